The molecule has 20 heteroatoms. The molecule has 0 bridgehead atoms. The number of hydrogen-bond donors (Lipinski definition) is 11. The molecule has 11 atom stereocenters. The Morgan fingerprint density at radius 2 is 1.45 bits per heavy atom. The average molecular weight is 820 g/mol. The van der Waals surface area contributed by atoms with Crippen LogP contribution >= 0.6 is 0 Å². The van der Waals surface area contributed by atoms with Crippen LogP contribution in [0.1, 0.15) is 22.8 Å². The van der Waals surface area contributed by atoms with Gasteiger partial charge in [0.25, 0.3) is 11.9 Å². The number of aliphatic hydroxyl groups excluding tert-OH is 6. The van der Waals surface area contributed by atoms with Crippen LogP contribution < -0.4 is 9.47 Å². The Morgan fingerprint density at radius 3 is 2.10 bits per heavy atom. The average Bonchev–Trinajstić information content (AvgIpc) is 3.20. The predicted molar refractivity (Wildman–Crippen MR) is 194 cm³/mol. The lowest BCUT2D eigenvalue weighted by molar-refractivity contribution is -0.329. The first kappa shape index (κ1) is 42.1. The number of rotatable bonds is 12. The molecule has 20 nitrogen and oxygen atoms in total. The second-order valence-electron chi connectivity index (χ2n) is 13.4. The van der Waals surface area contributed by atoms with E-state index in [9.17, 15) is 61.0 Å². The van der Waals surface area contributed by atoms with Gasteiger partial charge < -0.3 is 94.1 Å². The summed E-state index contributed by atoms with van der Waals surface area (Å²) in [5.41, 5.74) is 0.624. The third-order valence-corrected chi connectivity index (χ3v) is 9.59. The van der Waals surface area contributed by atoms with Crippen molar-refractivity contribution in [1.29, 1.82) is 0 Å². The Bertz CT molecular complexity index is 1990. The lowest BCUT2D eigenvalue weighted by atomic mass is 9.97. The number of fused-ring (bicyclic) bond motifs is 1. The second-order valence-corrected chi connectivity index (χ2v) is 13.4. The quantitative estimate of drug-likeness (QED) is 0.0474. The van der Waals surface area contributed by atoms with E-state index in [1.165, 1.54) is 62.8 Å². The van der Waals surface area contributed by atoms with E-state index in [-0.39, 0.29) is 45.6 Å². The maximum atomic E-state index is 13.2. The van der Waals surface area contributed by atoms with E-state index in [0.29, 0.717) is 5.56 Å². The van der Waals surface area contributed by atoms with Crippen LogP contribution in [0, 0.1) is 0 Å². The Labute approximate surface area is 328 Å². The molecule has 2 fully saturated rings. The van der Waals surface area contributed by atoms with E-state index in [1.807, 2.05) is 0 Å². The normalized spacial score (nSPS) is 29.5. The molecule has 3 aliphatic heterocycles. The molecule has 0 radical (unpaired) electrons. The van der Waals surface area contributed by atoms with Crippen LogP contribution in [0.2, 0.25) is 0 Å². The zero-order valence-corrected chi connectivity index (χ0v) is 30.7. The number of ether oxygens (including phenoxy) is 8. The van der Waals surface area contributed by atoms with Gasteiger partial charge in [-0.05, 0) is 42.0 Å². The lowest BCUT2D eigenvalue weighted by Crippen LogP contribution is -2.62. The van der Waals surface area contributed by atoms with Gasteiger partial charge in [0.2, 0.25) is 12.0 Å². The Balaban J connectivity index is 1.29. The van der Waals surface area contributed by atoms with Crippen molar-refractivity contribution in [3.63, 3.8) is 0 Å². The number of aromatic hydroxyl groups is 6. The van der Waals surface area contributed by atoms with Crippen molar-refractivity contribution in [2.75, 3.05) is 27.4 Å². The first-order chi connectivity index (χ1) is 27.6. The summed E-state index contributed by atoms with van der Waals surface area (Å²) in [4.78, 5) is 13.2. The zero-order valence-electron chi connectivity index (χ0n) is 30.7. The topological polar surface area (TPSA) is 317 Å². The van der Waals surface area contributed by atoms with Crippen molar-refractivity contribution in [2.24, 2.45) is 0 Å². The summed E-state index contributed by atoms with van der Waals surface area (Å²) in [5, 5.41) is 115. The van der Waals surface area contributed by atoms with Gasteiger partial charge in [0.15, 0.2) is 41.2 Å². The molecule has 0 amide bonds. The standard InChI is InChI=1S/C38H42O20/c1-51-23-7-15(8-24(52-2)29(23)45)3-6-28(44)58-36-27(14-53-37-33(49)31(47)30(46)26(13-39)56-37)57-38(34(50)32(36)48)55-25-12-18-20(42)10-17(40)11-22(18)54-35(25)16-4-5-19(41)21(43)9-16/h3-12,26-27,30-43,45-50H,13-14H2,1-2H3/p+1. The van der Waals surface area contributed by atoms with Crippen LogP contribution in [0.4, 0.5) is 0 Å². The smallest absolute Gasteiger partial charge is 0.331 e. The van der Waals surface area contributed by atoms with Gasteiger partial charge in [0.1, 0.15) is 59.8 Å². The number of esters is 1. The van der Waals surface area contributed by atoms with Crippen molar-refractivity contribution in [1.82, 2.24) is 0 Å². The fourth-order valence-corrected chi connectivity index (χ4v) is 6.49. The Hall–Kier alpha value is -5.55. The number of carbonyl (C=O) groups excluding carboxylic acids is 1. The minimum Gasteiger partial charge on any atom is -0.571 e. The van der Waals surface area contributed by atoms with Crippen LogP contribution in [-0.4, -0.2) is 156 Å². The van der Waals surface area contributed by atoms with Crippen molar-refractivity contribution >= 4 is 18.1 Å². The first-order valence-electron chi connectivity index (χ1n) is 17.6. The summed E-state index contributed by atoms with van der Waals surface area (Å²) in [7, 11) is 2.61. The lowest BCUT2D eigenvalue weighted by Gasteiger charge is -2.43. The monoisotopic (exact) mass is 819 g/mol. The molecule has 6 rings (SSSR count). The maximum Gasteiger partial charge on any atom is 0.331 e. The number of hydrogen-bond acceptors (Lipinski definition) is 19. The number of benzene rings is 3. The molecule has 3 heterocycles. The van der Waals surface area contributed by atoms with Crippen LogP contribution in [-0.2, 0) is 28.5 Å². The van der Waals surface area contributed by atoms with Gasteiger partial charge in [-0.2, -0.15) is 0 Å². The second kappa shape index (κ2) is 17.5. The highest BCUT2D eigenvalue weighted by Gasteiger charge is 2.51. The van der Waals surface area contributed by atoms with E-state index >= 15 is 0 Å². The van der Waals surface area contributed by atoms with E-state index in [1.54, 1.807) is 0 Å². The molecule has 3 aromatic rings. The molecule has 0 spiro atoms. The number of phenolic OH excluding ortho intramolecular Hbond substituents is 5. The highest BCUT2D eigenvalue weighted by atomic mass is 16.7. The van der Waals surface area contributed by atoms with Crippen LogP contribution in [0.3, 0.4) is 0 Å². The third-order valence-electron chi connectivity index (χ3n) is 9.59. The number of methoxy groups -OCH3 is 2. The summed E-state index contributed by atoms with van der Waals surface area (Å²) in [6.45, 7) is -1.47. The van der Waals surface area contributed by atoms with Gasteiger partial charge in [0, 0.05) is 18.2 Å². The van der Waals surface area contributed by atoms with E-state index in [0.717, 1.165) is 12.1 Å². The molecule has 12 N–H and O–H groups in total. The SMILES string of the molecule is COc1cc(C=CC(=O)OC2C(COC3OC(CO)C(O)C(O)C3O)OC(OC3=Cc4c(O)cc(O)cc4[OH+]C3c3ccc(O)c(O)c3)C(O)C2O)cc(OC)c1O. The Kier molecular flexibility index (Phi) is 12.7. The Morgan fingerprint density at radius 1 is 0.776 bits per heavy atom. The zero-order chi connectivity index (χ0) is 42.0. The van der Waals surface area contributed by atoms with Gasteiger partial charge in [-0.3, -0.25) is 0 Å². The van der Waals surface area contributed by atoms with Gasteiger partial charge in [-0.25, -0.2) is 4.79 Å². The maximum absolute atomic E-state index is 13.2. The van der Waals surface area contributed by atoms with Gasteiger partial charge in [-0.15, -0.1) is 0 Å². The summed E-state index contributed by atoms with van der Waals surface area (Å²) in [6.07, 6.45) is -15.1. The van der Waals surface area contributed by atoms with Crippen LogP contribution in [0.5, 0.6) is 46.0 Å². The van der Waals surface area contributed by atoms with E-state index < -0.39 is 104 Å². The van der Waals surface area contributed by atoms with E-state index in [2.05, 4.69) is 4.74 Å². The molecule has 3 aromatic carbocycles. The number of phenols is 5. The summed E-state index contributed by atoms with van der Waals surface area (Å²) in [5.74, 6) is -3.03. The minimum atomic E-state index is -1.99. The van der Waals surface area contributed by atoms with Gasteiger partial charge in [0.05, 0.1) is 39.1 Å². The molecule has 2 saturated heterocycles. The number of aliphatic hydroxyl groups is 7. The van der Waals surface area contributed by atoms with Crippen molar-refractivity contribution in [3.8, 4) is 46.0 Å². The molecule has 314 valence electrons. The van der Waals surface area contributed by atoms with Crippen molar-refractivity contribution in [2.45, 2.75) is 67.5 Å². The molecule has 0 saturated carbocycles. The summed E-state index contributed by atoms with van der Waals surface area (Å²) in [6, 6.07) is 8.82. The summed E-state index contributed by atoms with van der Waals surface area (Å²) < 4.78 is 43.5. The highest BCUT2D eigenvalue weighted by Crippen LogP contribution is 2.46. The predicted octanol–water partition coefficient (Wildman–Crippen LogP) is -0.526. The van der Waals surface area contributed by atoms with Gasteiger partial charge >= 0.3 is 5.97 Å². The number of carbonyl (C=O) groups is 1. The largest absolute Gasteiger partial charge is 0.571 e. The molecular formula is C38H43O20+. The molecule has 0 aromatic heterocycles. The van der Waals surface area contributed by atoms with Gasteiger partial charge in [-0.1, -0.05) is 0 Å². The first-order valence-corrected chi connectivity index (χ1v) is 17.6. The molecular weight excluding hydrogens is 776 g/mol. The molecule has 3 aliphatic rings. The molecule has 11 unspecified atom stereocenters. The summed E-state index contributed by atoms with van der Waals surface area (Å²) >= 11 is 0. The third kappa shape index (κ3) is 8.65. The minimum absolute atomic E-state index is 0.0326. The van der Waals surface area contributed by atoms with Crippen LogP contribution in [0.25, 0.3) is 12.2 Å². The molecule has 58 heavy (non-hydrogen) atoms. The fraction of sp³-hybridized carbons (Fsp3) is 0.395. The highest BCUT2D eigenvalue weighted by molar-refractivity contribution is 5.87. The van der Waals surface area contributed by atoms with Crippen molar-refractivity contribution in [3.05, 3.63) is 71.0 Å². The fourth-order valence-electron chi connectivity index (χ4n) is 6.49. The van der Waals surface area contributed by atoms with Crippen molar-refractivity contribution < 1.29 is 98.9 Å². The molecule has 0 aliphatic carbocycles. The van der Waals surface area contributed by atoms with E-state index in [4.69, 9.17) is 33.2 Å². The van der Waals surface area contributed by atoms with Crippen LogP contribution in [0.15, 0.2) is 54.3 Å².